The Labute approximate surface area is 259 Å². The van der Waals surface area contributed by atoms with Gasteiger partial charge in [-0.25, -0.2) is 0 Å². The number of cyclic esters (lactones) is 1. The molecule has 1 aromatic heterocycles. The largest absolute Gasteiger partial charge is 0.463 e. The predicted octanol–water partition coefficient (Wildman–Crippen LogP) is 5.16. The number of fused-ring (bicyclic) bond motifs is 1. The maximum Gasteiger partial charge on any atom is 0.309 e. The van der Waals surface area contributed by atoms with Gasteiger partial charge in [0.2, 0.25) is 11.8 Å². The van der Waals surface area contributed by atoms with E-state index in [1.165, 1.54) is 0 Å². The number of allylic oxidation sites excluding steroid dienone is 2. The standard InChI is InChI=1S/C36H45N3O5/c40-25-36(18-10-11-19-36)39-33(41)22-27-14-6-1-2-7-15-28(20-26-12-4-3-5-13-26)35(43)44-24-30(38-34(27)42)21-29-23-37-32-17-9-8-16-31(29)32/h1,3-6,8-9,12-13,16-17,23,27-28,30,37,40H,2,7,10-11,14-15,18-22,24-25H2,(H,38,42)(H,39,41). The Morgan fingerprint density at radius 1 is 0.955 bits per heavy atom. The lowest BCUT2D eigenvalue weighted by Gasteiger charge is -2.29. The van der Waals surface area contributed by atoms with E-state index in [1.54, 1.807) is 0 Å². The summed E-state index contributed by atoms with van der Waals surface area (Å²) in [5.41, 5.74) is 2.52. The molecule has 8 nitrogen and oxygen atoms in total. The summed E-state index contributed by atoms with van der Waals surface area (Å²) in [5.74, 6) is -1.58. The van der Waals surface area contributed by atoms with Gasteiger partial charge in [0.15, 0.2) is 0 Å². The number of aliphatic hydroxyl groups is 1. The summed E-state index contributed by atoms with van der Waals surface area (Å²) in [7, 11) is 0. The average Bonchev–Trinajstić information content (AvgIpc) is 3.67. The number of nitrogens with one attached hydrogen (secondary N) is 3. The van der Waals surface area contributed by atoms with Crippen molar-refractivity contribution < 1.29 is 24.2 Å². The molecule has 3 atom stereocenters. The summed E-state index contributed by atoms with van der Waals surface area (Å²) in [5, 5.41) is 17.2. The van der Waals surface area contributed by atoms with E-state index in [1.807, 2.05) is 72.9 Å². The molecule has 2 amide bonds. The van der Waals surface area contributed by atoms with E-state index in [0.717, 1.165) is 60.6 Å². The second-order valence-electron chi connectivity index (χ2n) is 12.5. The normalized spacial score (nSPS) is 23.1. The van der Waals surface area contributed by atoms with E-state index in [-0.39, 0.29) is 43.3 Å². The third-order valence-electron chi connectivity index (χ3n) is 9.15. The van der Waals surface area contributed by atoms with Crippen molar-refractivity contribution in [1.82, 2.24) is 15.6 Å². The molecule has 234 valence electrons. The Morgan fingerprint density at radius 3 is 2.52 bits per heavy atom. The van der Waals surface area contributed by atoms with Crippen LogP contribution in [0.25, 0.3) is 10.9 Å². The number of aromatic amines is 1. The summed E-state index contributed by atoms with van der Waals surface area (Å²) in [6.45, 7) is -0.0589. The van der Waals surface area contributed by atoms with Gasteiger partial charge in [-0.1, -0.05) is 73.5 Å². The Bertz CT molecular complexity index is 1430. The molecule has 1 aliphatic heterocycles. The molecule has 0 spiro atoms. The fourth-order valence-corrected chi connectivity index (χ4v) is 6.63. The van der Waals surface area contributed by atoms with Crippen molar-refractivity contribution >= 4 is 28.7 Å². The van der Waals surface area contributed by atoms with Crippen molar-refractivity contribution in [3.05, 3.63) is 84.1 Å². The summed E-state index contributed by atoms with van der Waals surface area (Å²) < 4.78 is 5.94. The second-order valence-corrected chi connectivity index (χ2v) is 12.5. The van der Waals surface area contributed by atoms with Crippen LogP contribution < -0.4 is 10.6 Å². The number of rotatable bonds is 8. The first-order valence-corrected chi connectivity index (χ1v) is 16.1. The minimum absolute atomic E-state index is 0.0245. The van der Waals surface area contributed by atoms with Crippen LogP contribution in [0.1, 0.15) is 68.9 Å². The minimum Gasteiger partial charge on any atom is -0.463 e. The fraction of sp³-hybridized carbons (Fsp3) is 0.472. The van der Waals surface area contributed by atoms with Crippen molar-refractivity contribution in [2.45, 2.75) is 82.2 Å². The molecule has 5 rings (SSSR count). The number of hydrogen-bond acceptors (Lipinski definition) is 5. The van der Waals surface area contributed by atoms with Gasteiger partial charge in [-0.2, -0.15) is 0 Å². The molecule has 0 bridgehead atoms. The molecule has 3 aromatic rings. The Hall–Kier alpha value is -3.91. The SMILES string of the molecule is O=C(CC1CC=CCCCC(Cc2ccccc2)C(=O)OCC(Cc2c[nH]c3ccccc23)NC1=O)NC1(CO)CCCC1. The zero-order valence-electron chi connectivity index (χ0n) is 25.4. The number of esters is 1. The topological polar surface area (TPSA) is 121 Å². The maximum absolute atomic E-state index is 13.8. The van der Waals surface area contributed by atoms with Gasteiger partial charge in [-0.05, 0) is 68.6 Å². The molecule has 1 saturated carbocycles. The molecule has 0 saturated heterocycles. The summed E-state index contributed by atoms with van der Waals surface area (Å²) in [6.07, 6.45) is 13.2. The minimum atomic E-state index is -0.590. The Morgan fingerprint density at radius 2 is 1.73 bits per heavy atom. The molecule has 0 radical (unpaired) electrons. The van der Waals surface area contributed by atoms with E-state index < -0.39 is 17.5 Å². The number of amides is 2. The number of carbonyl (C=O) groups excluding carboxylic acids is 3. The number of hydrogen-bond donors (Lipinski definition) is 4. The van der Waals surface area contributed by atoms with Gasteiger partial charge in [0.1, 0.15) is 6.61 Å². The molecule has 44 heavy (non-hydrogen) atoms. The summed E-state index contributed by atoms with van der Waals surface area (Å²) in [4.78, 5) is 43.7. The highest BCUT2D eigenvalue weighted by Gasteiger charge is 2.36. The van der Waals surface area contributed by atoms with Gasteiger partial charge in [0, 0.05) is 23.5 Å². The van der Waals surface area contributed by atoms with Gasteiger partial charge < -0.3 is 25.5 Å². The molecule has 1 aliphatic carbocycles. The third kappa shape index (κ3) is 8.38. The van der Waals surface area contributed by atoms with Crippen LogP contribution in [-0.4, -0.2) is 52.7 Å². The van der Waals surface area contributed by atoms with Gasteiger partial charge in [0.05, 0.1) is 30.0 Å². The van der Waals surface area contributed by atoms with E-state index in [9.17, 15) is 19.5 Å². The first-order chi connectivity index (χ1) is 21.4. The van der Waals surface area contributed by atoms with E-state index in [2.05, 4.69) is 15.6 Å². The number of carbonyl (C=O) groups is 3. The smallest absolute Gasteiger partial charge is 0.309 e. The Balaban J connectivity index is 1.34. The second kappa shape index (κ2) is 15.2. The molecule has 1 fully saturated rings. The van der Waals surface area contributed by atoms with Gasteiger partial charge >= 0.3 is 5.97 Å². The molecular formula is C36H45N3O5. The third-order valence-corrected chi connectivity index (χ3v) is 9.15. The van der Waals surface area contributed by atoms with Crippen LogP contribution >= 0.6 is 0 Å². The van der Waals surface area contributed by atoms with Crippen molar-refractivity contribution in [3.63, 3.8) is 0 Å². The molecule has 3 unspecified atom stereocenters. The fourth-order valence-electron chi connectivity index (χ4n) is 6.63. The van der Waals surface area contributed by atoms with Crippen LogP contribution in [0.2, 0.25) is 0 Å². The van der Waals surface area contributed by atoms with Crippen molar-refractivity contribution in [1.29, 1.82) is 0 Å². The lowest BCUT2D eigenvalue weighted by atomic mass is 9.93. The number of benzene rings is 2. The van der Waals surface area contributed by atoms with Crippen molar-refractivity contribution in [3.8, 4) is 0 Å². The zero-order chi connectivity index (χ0) is 30.8. The summed E-state index contributed by atoms with van der Waals surface area (Å²) in [6, 6.07) is 17.5. The van der Waals surface area contributed by atoms with Crippen molar-refractivity contribution in [2.75, 3.05) is 13.2 Å². The summed E-state index contributed by atoms with van der Waals surface area (Å²) >= 11 is 0. The number of aliphatic hydroxyl groups excluding tert-OH is 1. The maximum atomic E-state index is 13.8. The van der Waals surface area contributed by atoms with Crippen LogP contribution in [0.4, 0.5) is 0 Å². The first kappa shape index (κ1) is 31.5. The number of aromatic nitrogens is 1. The lowest BCUT2D eigenvalue weighted by Crippen LogP contribution is -2.50. The monoisotopic (exact) mass is 599 g/mol. The molecule has 8 heteroatoms. The van der Waals surface area contributed by atoms with Crippen molar-refractivity contribution in [2.24, 2.45) is 11.8 Å². The van der Waals surface area contributed by atoms with Gasteiger partial charge in [-0.15, -0.1) is 0 Å². The highest BCUT2D eigenvalue weighted by molar-refractivity contribution is 5.87. The van der Waals surface area contributed by atoms with Crippen LogP contribution in [-0.2, 0) is 32.0 Å². The number of ether oxygens (including phenoxy) is 1. The number of H-pyrrole nitrogens is 1. The molecular weight excluding hydrogens is 554 g/mol. The quantitative estimate of drug-likeness (QED) is 0.211. The van der Waals surface area contributed by atoms with E-state index in [4.69, 9.17) is 4.74 Å². The van der Waals surface area contributed by atoms with Crippen LogP contribution in [0.15, 0.2) is 72.9 Å². The highest BCUT2D eigenvalue weighted by atomic mass is 16.5. The molecule has 2 heterocycles. The van der Waals surface area contributed by atoms with Crippen LogP contribution in [0, 0.1) is 11.8 Å². The highest BCUT2D eigenvalue weighted by Crippen LogP contribution is 2.29. The van der Waals surface area contributed by atoms with Gasteiger partial charge in [-0.3, -0.25) is 14.4 Å². The lowest BCUT2D eigenvalue weighted by molar-refractivity contribution is -0.150. The first-order valence-electron chi connectivity index (χ1n) is 16.1. The van der Waals surface area contributed by atoms with E-state index >= 15 is 0 Å². The van der Waals surface area contributed by atoms with Crippen LogP contribution in [0.3, 0.4) is 0 Å². The molecule has 4 N–H and O–H groups in total. The van der Waals surface area contributed by atoms with Gasteiger partial charge in [0.25, 0.3) is 0 Å². The van der Waals surface area contributed by atoms with E-state index in [0.29, 0.717) is 25.7 Å². The number of para-hydroxylation sites is 1. The average molecular weight is 600 g/mol. The molecule has 2 aliphatic rings. The molecule has 2 aromatic carbocycles. The zero-order valence-corrected chi connectivity index (χ0v) is 25.4. The Kier molecular flexibility index (Phi) is 10.9. The predicted molar refractivity (Wildman–Crippen MR) is 171 cm³/mol. The van der Waals surface area contributed by atoms with Crippen LogP contribution in [0.5, 0.6) is 0 Å².